The number of carboxylic acid groups (broad SMARTS) is 1. The molecule has 6 heteroatoms. The molecule has 6 nitrogen and oxygen atoms in total. The number of hydrogen-bond donors (Lipinski definition) is 1. The summed E-state index contributed by atoms with van der Waals surface area (Å²) in [7, 11) is 0. The SMILES string of the molecule is CC(C)(C)OC(=O)N1CCCCN1[C@H](C(=O)O)c1ccccc1. The van der Waals surface area contributed by atoms with Crippen molar-refractivity contribution in [2.45, 2.75) is 45.3 Å². The predicted octanol–water partition coefficient (Wildman–Crippen LogP) is 3.06. The van der Waals surface area contributed by atoms with Gasteiger partial charge in [0, 0.05) is 13.1 Å². The summed E-state index contributed by atoms with van der Waals surface area (Å²) < 4.78 is 5.43. The van der Waals surface area contributed by atoms with E-state index in [2.05, 4.69) is 0 Å². The first-order valence-electron chi connectivity index (χ1n) is 7.84. The van der Waals surface area contributed by atoms with Crippen molar-refractivity contribution in [2.24, 2.45) is 0 Å². The number of hydrogen-bond acceptors (Lipinski definition) is 4. The van der Waals surface area contributed by atoms with Crippen LogP contribution in [-0.2, 0) is 9.53 Å². The maximum Gasteiger partial charge on any atom is 0.425 e. The standard InChI is InChI=1S/C17H24N2O4/c1-17(2,3)23-16(22)19-12-8-7-11-18(19)14(15(20)21)13-9-5-4-6-10-13/h4-6,9-10,14H,7-8,11-12H2,1-3H3,(H,20,21)/t14-/m0/s1. The lowest BCUT2D eigenvalue weighted by Crippen LogP contribution is -2.54. The van der Waals surface area contributed by atoms with Gasteiger partial charge < -0.3 is 9.84 Å². The molecule has 0 aliphatic carbocycles. The molecule has 0 spiro atoms. The number of carbonyl (C=O) groups excluding carboxylic acids is 1. The van der Waals surface area contributed by atoms with Crippen LogP contribution in [0.25, 0.3) is 0 Å². The molecule has 1 aromatic carbocycles. The van der Waals surface area contributed by atoms with Gasteiger partial charge in [0.25, 0.3) is 0 Å². The van der Waals surface area contributed by atoms with E-state index in [1.807, 2.05) is 6.07 Å². The predicted molar refractivity (Wildman–Crippen MR) is 85.7 cm³/mol. The monoisotopic (exact) mass is 320 g/mol. The summed E-state index contributed by atoms with van der Waals surface area (Å²) in [6.45, 7) is 6.36. The number of rotatable bonds is 3. The molecule has 1 aliphatic heterocycles. The van der Waals surface area contributed by atoms with Crippen molar-refractivity contribution in [2.75, 3.05) is 13.1 Å². The van der Waals surface area contributed by atoms with Gasteiger partial charge in [0.05, 0.1) is 0 Å². The number of ether oxygens (including phenoxy) is 1. The molecular weight excluding hydrogens is 296 g/mol. The second kappa shape index (κ2) is 7.00. The van der Waals surface area contributed by atoms with E-state index in [1.54, 1.807) is 50.0 Å². The van der Waals surface area contributed by atoms with Gasteiger partial charge in [-0.2, -0.15) is 5.01 Å². The zero-order chi connectivity index (χ0) is 17.0. The Hall–Kier alpha value is -2.08. The van der Waals surface area contributed by atoms with E-state index >= 15 is 0 Å². The lowest BCUT2D eigenvalue weighted by molar-refractivity contribution is -0.155. The fourth-order valence-corrected chi connectivity index (χ4v) is 2.64. The zero-order valence-corrected chi connectivity index (χ0v) is 13.9. The van der Waals surface area contributed by atoms with Gasteiger partial charge in [0.2, 0.25) is 0 Å². The molecule has 2 rings (SSSR count). The first kappa shape index (κ1) is 17.3. The second-order valence-corrected chi connectivity index (χ2v) is 6.63. The minimum atomic E-state index is -0.980. The van der Waals surface area contributed by atoms with Crippen LogP contribution in [0.1, 0.15) is 45.2 Å². The number of amides is 1. The molecule has 1 aliphatic rings. The van der Waals surface area contributed by atoms with Gasteiger partial charge in [0.1, 0.15) is 5.60 Å². The summed E-state index contributed by atoms with van der Waals surface area (Å²) >= 11 is 0. The highest BCUT2D eigenvalue weighted by Gasteiger charge is 2.37. The summed E-state index contributed by atoms with van der Waals surface area (Å²) in [5, 5.41) is 12.7. The maximum absolute atomic E-state index is 12.5. The lowest BCUT2D eigenvalue weighted by Gasteiger charge is -2.42. The molecule has 0 saturated carbocycles. The van der Waals surface area contributed by atoms with Crippen LogP contribution in [0.3, 0.4) is 0 Å². The van der Waals surface area contributed by atoms with Crippen LogP contribution in [0.4, 0.5) is 4.79 Å². The minimum absolute atomic E-state index is 0.464. The summed E-state index contributed by atoms with van der Waals surface area (Å²) in [6.07, 6.45) is 1.17. The Balaban J connectivity index is 2.28. The Morgan fingerprint density at radius 1 is 1.13 bits per heavy atom. The van der Waals surface area contributed by atoms with Crippen LogP contribution in [-0.4, -0.2) is 45.9 Å². The van der Waals surface area contributed by atoms with Gasteiger partial charge in [0.15, 0.2) is 6.04 Å². The number of benzene rings is 1. The molecule has 1 fully saturated rings. The normalized spacial score (nSPS) is 17.6. The Kier molecular flexibility index (Phi) is 5.26. The minimum Gasteiger partial charge on any atom is -0.480 e. The lowest BCUT2D eigenvalue weighted by atomic mass is 10.1. The third-order valence-electron chi connectivity index (χ3n) is 3.57. The van der Waals surface area contributed by atoms with Crippen LogP contribution in [0.5, 0.6) is 0 Å². The highest BCUT2D eigenvalue weighted by molar-refractivity contribution is 5.76. The van der Waals surface area contributed by atoms with Crippen molar-refractivity contribution < 1.29 is 19.4 Å². The van der Waals surface area contributed by atoms with Crippen LogP contribution < -0.4 is 0 Å². The van der Waals surface area contributed by atoms with E-state index in [9.17, 15) is 14.7 Å². The van der Waals surface area contributed by atoms with Crippen LogP contribution in [0.2, 0.25) is 0 Å². The molecule has 0 bridgehead atoms. The van der Waals surface area contributed by atoms with E-state index < -0.39 is 23.7 Å². The van der Waals surface area contributed by atoms with Gasteiger partial charge in [-0.3, -0.25) is 4.79 Å². The van der Waals surface area contributed by atoms with Crippen molar-refractivity contribution in [3.05, 3.63) is 35.9 Å². The summed E-state index contributed by atoms with van der Waals surface area (Å²) in [5.74, 6) is -0.980. The molecule has 0 unspecified atom stereocenters. The molecule has 0 radical (unpaired) electrons. The van der Waals surface area contributed by atoms with Crippen molar-refractivity contribution in [3.8, 4) is 0 Å². The number of carbonyl (C=O) groups is 2. The Labute approximate surface area is 136 Å². The summed E-state index contributed by atoms with van der Waals surface area (Å²) in [5.41, 5.74) is 0.0292. The van der Waals surface area contributed by atoms with Crippen molar-refractivity contribution in [1.29, 1.82) is 0 Å². The third-order valence-corrected chi connectivity index (χ3v) is 3.57. The number of aliphatic carboxylic acids is 1. The van der Waals surface area contributed by atoms with Gasteiger partial charge in [-0.15, -0.1) is 0 Å². The molecular formula is C17H24N2O4. The van der Waals surface area contributed by atoms with Crippen LogP contribution in [0, 0.1) is 0 Å². The largest absolute Gasteiger partial charge is 0.480 e. The van der Waals surface area contributed by atoms with E-state index in [-0.39, 0.29) is 0 Å². The highest BCUT2D eigenvalue weighted by Crippen LogP contribution is 2.27. The maximum atomic E-state index is 12.5. The molecule has 23 heavy (non-hydrogen) atoms. The molecule has 1 N–H and O–H groups in total. The zero-order valence-electron chi connectivity index (χ0n) is 13.9. The Morgan fingerprint density at radius 2 is 1.74 bits per heavy atom. The van der Waals surface area contributed by atoms with E-state index in [1.165, 1.54) is 5.01 Å². The summed E-state index contributed by atoms with van der Waals surface area (Å²) in [4.78, 5) is 24.3. The van der Waals surface area contributed by atoms with Gasteiger partial charge in [-0.1, -0.05) is 30.3 Å². The molecule has 126 valence electrons. The molecule has 1 amide bonds. The molecule has 1 aromatic rings. The molecule has 1 heterocycles. The average molecular weight is 320 g/mol. The van der Waals surface area contributed by atoms with Crippen molar-refractivity contribution in [3.63, 3.8) is 0 Å². The van der Waals surface area contributed by atoms with Gasteiger partial charge in [-0.05, 0) is 39.2 Å². The smallest absolute Gasteiger partial charge is 0.425 e. The van der Waals surface area contributed by atoms with Crippen LogP contribution >= 0.6 is 0 Å². The van der Waals surface area contributed by atoms with Crippen LogP contribution in [0.15, 0.2) is 30.3 Å². The summed E-state index contributed by atoms with van der Waals surface area (Å²) in [6, 6.07) is 8.06. The molecule has 1 atom stereocenters. The fraction of sp³-hybridized carbons (Fsp3) is 0.529. The van der Waals surface area contributed by atoms with E-state index in [0.717, 1.165) is 12.8 Å². The van der Waals surface area contributed by atoms with Crippen molar-refractivity contribution in [1.82, 2.24) is 10.0 Å². The molecule has 0 aromatic heterocycles. The Bertz CT molecular complexity index is 553. The topological polar surface area (TPSA) is 70.1 Å². The van der Waals surface area contributed by atoms with Gasteiger partial charge in [-0.25, -0.2) is 9.80 Å². The fourth-order valence-electron chi connectivity index (χ4n) is 2.64. The first-order chi connectivity index (χ1) is 10.8. The second-order valence-electron chi connectivity index (χ2n) is 6.63. The van der Waals surface area contributed by atoms with Gasteiger partial charge >= 0.3 is 12.1 Å². The van der Waals surface area contributed by atoms with E-state index in [4.69, 9.17) is 4.74 Å². The Morgan fingerprint density at radius 3 is 2.30 bits per heavy atom. The molecule has 1 saturated heterocycles. The average Bonchev–Trinajstić information content (AvgIpc) is 2.47. The highest BCUT2D eigenvalue weighted by atomic mass is 16.6. The van der Waals surface area contributed by atoms with Crippen molar-refractivity contribution >= 4 is 12.1 Å². The quantitative estimate of drug-likeness (QED) is 0.927. The third kappa shape index (κ3) is 4.45. The number of carboxylic acids is 1. The number of hydrazine groups is 1. The number of nitrogens with zero attached hydrogens (tertiary/aromatic N) is 2. The first-order valence-corrected chi connectivity index (χ1v) is 7.84. The van der Waals surface area contributed by atoms with E-state index in [0.29, 0.717) is 18.7 Å².